The van der Waals surface area contributed by atoms with E-state index in [9.17, 15) is 14.4 Å². The maximum Gasteiger partial charge on any atom is 0.360 e. The number of fused-ring (bicyclic) bond motifs is 2. The highest BCUT2D eigenvalue weighted by molar-refractivity contribution is 6.09. The van der Waals surface area contributed by atoms with E-state index in [2.05, 4.69) is 10.5 Å². The van der Waals surface area contributed by atoms with Crippen LogP contribution in [0.5, 0.6) is 0 Å². The molecule has 1 aliphatic heterocycles. The molecule has 3 atom stereocenters. The zero-order valence-electron chi connectivity index (χ0n) is 23.5. The Morgan fingerprint density at radius 1 is 1.00 bits per heavy atom. The third kappa shape index (κ3) is 5.20. The molecule has 6 rings (SSSR count). The Morgan fingerprint density at radius 3 is 2.40 bits per heavy atom. The molecule has 4 aromatic rings. The average molecular weight is 564 g/mol. The third-order valence-corrected chi connectivity index (χ3v) is 8.34. The molecule has 0 radical (unpaired) electrons. The molecule has 0 bridgehead atoms. The number of benzene rings is 3. The summed E-state index contributed by atoms with van der Waals surface area (Å²) in [5.74, 6) is -0.448. The molecular formula is C34H33N3O5. The lowest BCUT2D eigenvalue weighted by atomic mass is 9.65. The summed E-state index contributed by atoms with van der Waals surface area (Å²) in [5.41, 5.74) is 2.68. The SMILES string of the molecule is Cc1cc(C(=O)O[C@@H]2CCC[C@]3(C(=O)N(Cc4ccccc4)c4ccccc43)[C@H]2NC(=O)CCc2ccccc2)no1. The first-order valence-corrected chi connectivity index (χ1v) is 14.4. The van der Waals surface area contributed by atoms with Gasteiger partial charge in [0.1, 0.15) is 17.3 Å². The molecule has 1 spiro atoms. The van der Waals surface area contributed by atoms with Gasteiger partial charge in [0.15, 0.2) is 5.69 Å². The number of nitrogens with one attached hydrogen (secondary N) is 1. The van der Waals surface area contributed by atoms with Crippen molar-refractivity contribution in [1.82, 2.24) is 10.5 Å². The second-order valence-corrected chi connectivity index (χ2v) is 11.1. The summed E-state index contributed by atoms with van der Waals surface area (Å²) in [5, 5.41) is 7.00. The molecule has 2 heterocycles. The van der Waals surface area contributed by atoms with Gasteiger partial charge < -0.3 is 19.5 Å². The molecule has 1 aromatic heterocycles. The lowest BCUT2D eigenvalue weighted by molar-refractivity contribution is -0.131. The van der Waals surface area contributed by atoms with Crippen LogP contribution in [0.2, 0.25) is 0 Å². The predicted molar refractivity (Wildman–Crippen MR) is 157 cm³/mol. The van der Waals surface area contributed by atoms with Crippen LogP contribution in [-0.2, 0) is 32.7 Å². The number of rotatable bonds is 8. The van der Waals surface area contributed by atoms with E-state index in [1.54, 1.807) is 11.8 Å². The number of esters is 1. The minimum absolute atomic E-state index is 0.0603. The fourth-order valence-electron chi connectivity index (χ4n) is 6.39. The van der Waals surface area contributed by atoms with Crippen LogP contribution in [0.4, 0.5) is 5.69 Å². The van der Waals surface area contributed by atoms with E-state index in [4.69, 9.17) is 9.26 Å². The summed E-state index contributed by atoms with van der Waals surface area (Å²) in [4.78, 5) is 43.1. The van der Waals surface area contributed by atoms with Gasteiger partial charge in [-0.05, 0) is 55.4 Å². The zero-order chi connectivity index (χ0) is 29.1. The molecule has 8 heteroatoms. The first-order chi connectivity index (χ1) is 20.5. The predicted octanol–water partition coefficient (Wildman–Crippen LogP) is 5.29. The van der Waals surface area contributed by atoms with Crippen LogP contribution in [0.15, 0.2) is 95.5 Å². The van der Waals surface area contributed by atoms with E-state index in [1.165, 1.54) is 6.07 Å². The molecule has 214 valence electrons. The first-order valence-electron chi connectivity index (χ1n) is 14.4. The van der Waals surface area contributed by atoms with Gasteiger partial charge in [-0.15, -0.1) is 0 Å². The number of carbonyl (C=O) groups is 3. The Hall–Kier alpha value is -4.72. The minimum Gasteiger partial charge on any atom is -0.455 e. The van der Waals surface area contributed by atoms with Crippen LogP contribution in [0.1, 0.15) is 58.6 Å². The van der Waals surface area contributed by atoms with Crippen LogP contribution >= 0.6 is 0 Å². The van der Waals surface area contributed by atoms with Crippen molar-refractivity contribution in [1.29, 1.82) is 0 Å². The van der Waals surface area contributed by atoms with Crippen molar-refractivity contribution >= 4 is 23.5 Å². The van der Waals surface area contributed by atoms with Crippen molar-refractivity contribution in [2.24, 2.45) is 0 Å². The van der Waals surface area contributed by atoms with Gasteiger partial charge in [0, 0.05) is 18.2 Å². The minimum atomic E-state index is -1.09. The molecule has 0 saturated heterocycles. The molecule has 1 fully saturated rings. The van der Waals surface area contributed by atoms with Crippen molar-refractivity contribution in [3.63, 3.8) is 0 Å². The molecule has 2 amide bonds. The van der Waals surface area contributed by atoms with Crippen LogP contribution in [0.3, 0.4) is 0 Å². The molecular weight excluding hydrogens is 530 g/mol. The number of hydrogen-bond acceptors (Lipinski definition) is 6. The third-order valence-electron chi connectivity index (χ3n) is 8.34. The van der Waals surface area contributed by atoms with Crippen LogP contribution in [-0.4, -0.2) is 35.1 Å². The highest BCUT2D eigenvalue weighted by Crippen LogP contribution is 2.51. The number of carbonyl (C=O) groups excluding carboxylic acids is 3. The Balaban J connectivity index is 1.35. The fraction of sp³-hybridized carbons (Fsp3) is 0.294. The Bertz CT molecular complexity index is 1580. The van der Waals surface area contributed by atoms with Gasteiger partial charge in [0.25, 0.3) is 0 Å². The van der Waals surface area contributed by atoms with Crippen molar-refractivity contribution in [2.45, 2.75) is 63.1 Å². The number of aromatic nitrogens is 1. The second-order valence-electron chi connectivity index (χ2n) is 11.1. The normalized spacial score (nSPS) is 21.3. The van der Waals surface area contributed by atoms with E-state index in [1.807, 2.05) is 84.9 Å². The molecule has 1 saturated carbocycles. The number of amides is 2. The van der Waals surface area contributed by atoms with E-state index in [0.29, 0.717) is 38.0 Å². The van der Waals surface area contributed by atoms with Gasteiger partial charge in [0.2, 0.25) is 11.8 Å². The molecule has 0 unspecified atom stereocenters. The van der Waals surface area contributed by atoms with Crippen molar-refractivity contribution in [2.75, 3.05) is 4.90 Å². The average Bonchev–Trinajstić information content (AvgIpc) is 3.55. The number of para-hydroxylation sites is 1. The Morgan fingerprint density at radius 2 is 1.69 bits per heavy atom. The summed E-state index contributed by atoms with van der Waals surface area (Å²) >= 11 is 0. The van der Waals surface area contributed by atoms with Gasteiger partial charge >= 0.3 is 5.97 Å². The largest absolute Gasteiger partial charge is 0.455 e. The maximum atomic E-state index is 14.6. The standard InChI is InChI=1S/C34H33N3O5/c1-23-21-27(36-42-23)32(39)41-29-17-10-20-34(31(29)35-30(38)19-18-24-11-4-2-5-12-24)26-15-8-9-16-28(26)37(33(34)40)22-25-13-6-3-7-14-25/h2-9,11-16,21,29,31H,10,17-20,22H2,1H3,(H,35,38)/t29-,31+,34-/m1/s1. The summed E-state index contributed by atoms with van der Waals surface area (Å²) in [7, 11) is 0. The lowest BCUT2D eigenvalue weighted by Gasteiger charge is -2.44. The zero-order valence-corrected chi connectivity index (χ0v) is 23.5. The van der Waals surface area contributed by atoms with Gasteiger partial charge in [-0.3, -0.25) is 9.59 Å². The molecule has 1 N–H and O–H groups in total. The summed E-state index contributed by atoms with van der Waals surface area (Å²) < 4.78 is 11.1. The number of aryl methyl sites for hydroxylation is 2. The van der Waals surface area contributed by atoms with E-state index in [-0.39, 0.29) is 23.9 Å². The Labute approximate surface area is 244 Å². The molecule has 2 aliphatic rings. The smallest absolute Gasteiger partial charge is 0.360 e. The van der Waals surface area contributed by atoms with Gasteiger partial charge in [-0.1, -0.05) is 84.0 Å². The monoisotopic (exact) mass is 563 g/mol. The highest BCUT2D eigenvalue weighted by atomic mass is 16.5. The molecule has 42 heavy (non-hydrogen) atoms. The summed E-state index contributed by atoms with van der Waals surface area (Å²) in [6, 6.07) is 28.2. The van der Waals surface area contributed by atoms with Crippen LogP contribution < -0.4 is 10.2 Å². The maximum absolute atomic E-state index is 14.6. The number of nitrogens with zero attached hydrogens (tertiary/aromatic N) is 2. The van der Waals surface area contributed by atoms with Gasteiger partial charge in [-0.25, -0.2) is 4.79 Å². The van der Waals surface area contributed by atoms with E-state index in [0.717, 1.165) is 22.4 Å². The molecule has 3 aromatic carbocycles. The van der Waals surface area contributed by atoms with Gasteiger partial charge in [-0.2, -0.15) is 0 Å². The van der Waals surface area contributed by atoms with Crippen LogP contribution in [0.25, 0.3) is 0 Å². The van der Waals surface area contributed by atoms with E-state index >= 15 is 0 Å². The second kappa shape index (κ2) is 11.6. The van der Waals surface area contributed by atoms with Crippen molar-refractivity contribution in [3.8, 4) is 0 Å². The topological polar surface area (TPSA) is 102 Å². The molecule has 8 nitrogen and oxygen atoms in total. The summed E-state index contributed by atoms with van der Waals surface area (Å²) in [6.07, 6.45) is 1.73. The fourth-order valence-corrected chi connectivity index (χ4v) is 6.39. The first kappa shape index (κ1) is 27.4. The summed E-state index contributed by atoms with van der Waals surface area (Å²) in [6.45, 7) is 2.10. The van der Waals surface area contributed by atoms with E-state index < -0.39 is 23.5 Å². The number of anilines is 1. The number of ether oxygens (including phenoxy) is 1. The van der Waals surface area contributed by atoms with Crippen molar-refractivity contribution in [3.05, 3.63) is 119 Å². The lowest BCUT2D eigenvalue weighted by Crippen LogP contribution is -2.63. The highest BCUT2D eigenvalue weighted by Gasteiger charge is 2.60. The van der Waals surface area contributed by atoms with Crippen molar-refractivity contribution < 1.29 is 23.6 Å². The van der Waals surface area contributed by atoms with Crippen LogP contribution in [0, 0.1) is 6.92 Å². The quantitative estimate of drug-likeness (QED) is 0.292. The molecule has 1 aliphatic carbocycles. The van der Waals surface area contributed by atoms with Gasteiger partial charge in [0.05, 0.1) is 12.6 Å². The number of hydrogen-bond donors (Lipinski definition) is 1. The Kier molecular flexibility index (Phi) is 7.61.